The molecule has 1 heterocycles. The Kier molecular flexibility index (Phi) is 5.79. The number of rotatable bonds is 3. The van der Waals surface area contributed by atoms with Crippen LogP contribution in [0.5, 0.6) is 0 Å². The zero-order valence-corrected chi connectivity index (χ0v) is 22.3. The van der Waals surface area contributed by atoms with Gasteiger partial charge < -0.3 is 0 Å². The second-order valence-electron chi connectivity index (χ2n) is 10.8. The van der Waals surface area contributed by atoms with Gasteiger partial charge in [-0.05, 0) is 0 Å². The minimum atomic E-state index is -1.94. The van der Waals surface area contributed by atoms with Crippen molar-refractivity contribution >= 4 is 28.4 Å². The molecule has 0 spiro atoms. The Morgan fingerprint density at radius 1 is 0.844 bits per heavy atom. The van der Waals surface area contributed by atoms with Gasteiger partial charge in [-0.25, -0.2) is 0 Å². The minimum absolute atomic E-state index is 0.0108. The van der Waals surface area contributed by atoms with Crippen molar-refractivity contribution in [2.45, 2.75) is 50.4 Å². The second-order valence-corrected chi connectivity index (χ2v) is 21.5. The molecule has 4 rings (SSSR count). The van der Waals surface area contributed by atoms with Crippen molar-refractivity contribution in [1.82, 2.24) is 4.98 Å². The molecular weight excluding hydrogens is 454 g/mol. The molecule has 0 atom stereocenters. The van der Waals surface area contributed by atoms with Crippen LogP contribution in [0.4, 0.5) is 4.39 Å². The van der Waals surface area contributed by atoms with E-state index in [1.165, 1.54) is 26.9 Å². The molecule has 164 valence electrons. The summed E-state index contributed by atoms with van der Waals surface area (Å²) in [7, 11) is 0. The summed E-state index contributed by atoms with van der Waals surface area (Å²) in [6, 6.07) is 21.3. The SMILES string of the molecule is Cc1c[c]([Ge]([CH3])([CH3])[CH3])ccc1-c1cc(-c2cc(C(C)(C)C)c3ccccc3c2)ncc1F. The molecule has 0 fully saturated rings. The number of pyridine rings is 1. The Hall–Kier alpha value is -2.46. The van der Waals surface area contributed by atoms with Crippen molar-refractivity contribution in [3.8, 4) is 22.4 Å². The van der Waals surface area contributed by atoms with E-state index in [-0.39, 0.29) is 11.2 Å². The fourth-order valence-electron chi connectivity index (χ4n) is 4.31. The van der Waals surface area contributed by atoms with Crippen molar-refractivity contribution in [2.24, 2.45) is 0 Å². The predicted octanol–water partition coefficient (Wildman–Crippen LogP) is 7.86. The Morgan fingerprint density at radius 3 is 2.22 bits per heavy atom. The van der Waals surface area contributed by atoms with Gasteiger partial charge >= 0.3 is 188 Å². The summed E-state index contributed by atoms with van der Waals surface area (Å²) in [6.45, 7) is 8.77. The molecule has 0 aliphatic rings. The molecule has 0 N–H and O–H groups in total. The zero-order chi connectivity index (χ0) is 23.3. The quantitative estimate of drug-likeness (QED) is 0.269. The van der Waals surface area contributed by atoms with Gasteiger partial charge in [-0.3, -0.25) is 0 Å². The third-order valence-corrected chi connectivity index (χ3v) is 10.5. The van der Waals surface area contributed by atoms with Gasteiger partial charge in [0.25, 0.3) is 0 Å². The molecule has 1 aromatic heterocycles. The third kappa shape index (κ3) is 4.38. The van der Waals surface area contributed by atoms with Crippen molar-refractivity contribution in [3.63, 3.8) is 0 Å². The molecule has 1 nitrogen and oxygen atoms in total. The van der Waals surface area contributed by atoms with Crippen molar-refractivity contribution < 1.29 is 4.39 Å². The number of aryl methyl sites for hydroxylation is 1. The van der Waals surface area contributed by atoms with Crippen molar-refractivity contribution in [3.05, 3.63) is 83.8 Å². The maximum absolute atomic E-state index is 15.0. The standard InChI is InChI=1S/C29H32FGeN/c1-19-14-22(31(5,6)7)12-13-23(19)25-17-28(32-18-27(25)30)21-15-20-10-8-9-11-24(20)26(16-21)29(2,3)4/h8-18H,1-7H3. The van der Waals surface area contributed by atoms with Crippen LogP contribution in [-0.2, 0) is 5.41 Å². The van der Waals surface area contributed by atoms with Crippen LogP contribution in [0.3, 0.4) is 0 Å². The number of halogens is 1. The molecule has 0 bridgehead atoms. The number of benzene rings is 3. The zero-order valence-electron chi connectivity index (χ0n) is 20.2. The first-order valence-corrected chi connectivity index (χ1v) is 18.6. The van der Waals surface area contributed by atoms with Crippen LogP contribution >= 0.6 is 0 Å². The van der Waals surface area contributed by atoms with Gasteiger partial charge in [0, 0.05) is 0 Å². The predicted molar refractivity (Wildman–Crippen MR) is 139 cm³/mol. The normalized spacial score (nSPS) is 12.4. The second kappa shape index (κ2) is 8.15. The Balaban J connectivity index is 1.88. The average molecular weight is 486 g/mol. The Morgan fingerprint density at radius 2 is 1.56 bits per heavy atom. The molecule has 32 heavy (non-hydrogen) atoms. The molecule has 4 aromatic rings. The first-order chi connectivity index (χ1) is 14.9. The summed E-state index contributed by atoms with van der Waals surface area (Å²) < 4.78 is 16.4. The number of fused-ring (bicyclic) bond motifs is 1. The first-order valence-electron chi connectivity index (χ1n) is 11.3. The van der Waals surface area contributed by atoms with E-state index in [0.29, 0.717) is 5.56 Å². The number of nitrogens with zero attached hydrogens (tertiary/aromatic N) is 1. The molecule has 0 amide bonds. The number of hydrogen-bond donors (Lipinski definition) is 0. The van der Waals surface area contributed by atoms with Crippen LogP contribution in [0, 0.1) is 12.7 Å². The summed E-state index contributed by atoms with van der Waals surface area (Å²) in [6.07, 6.45) is 1.37. The van der Waals surface area contributed by atoms with E-state index in [1.54, 1.807) is 0 Å². The van der Waals surface area contributed by atoms with E-state index in [9.17, 15) is 4.39 Å². The molecule has 3 heteroatoms. The van der Waals surface area contributed by atoms with Crippen LogP contribution in [0.25, 0.3) is 33.2 Å². The topological polar surface area (TPSA) is 12.9 Å². The van der Waals surface area contributed by atoms with Gasteiger partial charge in [0.1, 0.15) is 0 Å². The van der Waals surface area contributed by atoms with Crippen LogP contribution < -0.4 is 4.40 Å². The number of hydrogen-bond acceptors (Lipinski definition) is 1. The van der Waals surface area contributed by atoms with Crippen molar-refractivity contribution in [2.75, 3.05) is 0 Å². The summed E-state index contributed by atoms with van der Waals surface area (Å²) in [5.41, 5.74) is 5.76. The maximum atomic E-state index is 15.0. The first kappa shape index (κ1) is 22.7. The van der Waals surface area contributed by atoms with E-state index in [1.807, 2.05) is 6.07 Å². The molecule has 0 saturated carbocycles. The van der Waals surface area contributed by atoms with Gasteiger partial charge in [-0.1, -0.05) is 6.07 Å². The average Bonchev–Trinajstić information content (AvgIpc) is 2.72. The molecule has 0 aliphatic carbocycles. The number of aromatic nitrogens is 1. The Labute approximate surface area is 194 Å². The fourth-order valence-corrected chi connectivity index (χ4v) is 6.90. The Bertz CT molecular complexity index is 1310. The van der Waals surface area contributed by atoms with Gasteiger partial charge in [0.2, 0.25) is 0 Å². The van der Waals surface area contributed by atoms with E-state index < -0.39 is 13.3 Å². The summed E-state index contributed by atoms with van der Waals surface area (Å²) >= 11 is -1.94. The fraction of sp³-hybridized carbons (Fsp3) is 0.276. The van der Waals surface area contributed by atoms with E-state index in [0.717, 1.165) is 22.4 Å². The summed E-state index contributed by atoms with van der Waals surface area (Å²) in [5, 5.41) is 2.44. The van der Waals surface area contributed by atoms with E-state index in [4.69, 9.17) is 0 Å². The van der Waals surface area contributed by atoms with Gasteiger partial charge in [-0.15, -0.1) is 0 Å². The van der Waals surface area contributed by atoms with Gasteiger partial charge in [-0.2, -0.15) is 0 Å². The van der Waals surface area contributed by atoms with Gasteiger partial charge in [0.15, 0.2) is 0 Å². The van der Waals surface area contributed by atoms with Crippen LogP contribution in [0.1, 0.15) is 31.9 Å². The molecule has 0 aliphatic heterocycles. The molecule has 0 unspecified atom stereocenters. The van der Waals surface area contributed by atoms with Crippen LogP contribution in [0.2, 0.25) is 17.3 Å². The van der Waals surface area contributed by atoms with Gasteiger partial charge in [0.05, 0.1) is 0 Å². The van der Waals surface area contributed by atoms with E-state index >= 15 is 0 Å². The monoisotopic (exact) mass is 487 g/mol. The van der Waals surface area contributed by atoms with Crippen molar-refractivity contribution in [1.29, 1.82) is 0 Å². The summed E-state index contributed by atoms with van der Waals surface area (Å²) in [5.74, 6) is 6.86. The third-order valence-electron chi connectivity index (χ3n) is 6.20. The van der Waals surface area contributed by atoms with Crippen LogP contribution in [-0.4, -0.2) is 18.3 Å². The van der Waals surface area contributed by atoms with Crippen LogP contribution in [0.15, 0.2) is 66.9 Å². The molecule has 0 saturated heterocycles. The summed E-state index contributed by atoms with van der Waals surface area (Å²) in [4.78, 5) is 4.49. The molecule has 0 radical (unpaired) electrons. The molecule has 3 aromatic carbocycles. The molecular formula is C29H32FGeN. The van der Waals surface area contributed by atoms with E-state index in [2.05, 4.69) is 105 Å².